The SMILES string of the molecule is CC(C)c1ccc(NC(=O)c2ccc(CN)o2)cc1. The lowest BCUT2D eigenvalue weighted by Gasteiger charge is -2.07. The van der Waals surface area contributed by atoms with Gasteiger partial charge in [0.1, 0.15) is 5.76 Å². The van der Waals surface area contributed by atoms with Crippen molar-refractivity contribution in [2.24, 2.45) is 5.73 Å². The van der Waals surface area contributed by atoms with Crippen LogP contribution in [0.2, 0.25) is 0 Å². The van der Waals surface area contributed by atoms with Crippen molar-refractivity contribution < 1.29 is 9.21 Å². The van der Waals surface area contributed by atoms with Crippen LogP contribution in [-0.2, 0) is 6.54 Å². The molecule has 0 aliphatic rings. The summed E-state index contributed by atoms with van der Waals surface area (Å²) in [6.07, 6.45) is 0. The molecular weight excluding hydrogens is 240 g/mol. The lowest BCUT2D eigenvalue weighted by Crippen LogP contribution is -2.10. The van der Waals surface area contributed by atoms with Gasteiger partial charge in [0.05, 0.1) is 6.54 Å². The molecule has 0 unspecified atom stereocenters. The van der Waals surface area contributed by atoms with Gasteiger partial charge in [-0.15, -0.1) is 0 Å². The first kappa shape index (κ1) is 13.4. The molecule has 0 spiro atoms. The number of nitrogens with two attached hydrogens (primary N) is 1. The molecule has 1 amide bonds. The van der Waals surface area contributed by atoms with Gasteiger partial charge in [-0.3, -0.25) is 4.79 Å². The lowest BCUT2D eigenvalue weighted by atomic mass is 10.0. The van der Waals surface area contributed by atoms with Crippen LogP contribution in [-0.4, -0.2) is 5.91 Å². The number of rotatable bonds is 4. The second-order valence-corrected chi connectivity index (χ2v) is 4.70. The van der Waals surface area contributed by atoms with E-state index < -0.39 is 0 Å². The van der Waals surface area contributed by atoms with Crippen molar-refractivity contribution in [3.8, 4) is 0 Å². The largest absolute Gasteiger partial charge is 0.455 e. The van der Waals surface area contributed by atoms with Gasteiger partial charge in [-0.2, -0.15) is 0 Å². The van der Waals surface area contributed by atoms with Gasteiger partial charge in [0.15, 0.2) is 5.76 Å². The first-order valence-electron chi connectivity index (χ1n) is 6.30. The van der Waals surface area contributed by atoms with E-state index in [-0.39, 0.29) is 18.2 Å². The van der Waals surface area contributed by atoms with Crippen molar-refractivity contribution in [3.05, 3.63) is 53.5 Å². The summed E-state index contributed by atoms with van der Waals surface area (Å²) in [5.41, 5.74) is 7.42. The molecule has 19 heavy (non-hydrogen) atoms. The molecule has 0 radical (unpaired) electrons. The maximum atomic E-state index is 11.9. The maximum absolute atomic E-state index is 11.9. The zero-order valence-corrected chi connectivity index (χ0v) is 11.1. The van der Waals surface area contributed by atoms with Gasteiger partial charge in [-0.1, -0.05) is 26.0 Å². The van der Waals surface area contributed by atoms with Crippen molar-refractivity contribution in [2.75, 3.05) is 5.32 Å². The predicted molar refractivity (Wildman–Crippen MR) is 75.1 cm³/mol. The maximum Gasteiger partial charge on any atom is 0.291 e. The number of benzene rings is 1. The number of hydrogen-bond donors (Lipinski definition) is 2. The van der Waals surface area contributed by atoms with Gasteiger partial charge in [0.2, 0.25) is 0 Å². The van der Waals surface area contributed by atoms with Crippen molar-refractivity contribution in [1.82, 2.24) is 0 Å². The molecule has 4 nitrogen and oxygen atoms in total. The second kappa shape index (κ2) is 5.71. The molecule has 1 aromatic carbocycles. The Labute approximate surface area is 112 Å². The standard InChI is InChI=1S/C15H18N2O2/c1-10(2)11-3-5-12(6-4-11)17-15(18)14-8-7-13(9-16)19-14/h3-8,10H,9,16H2,1-2H3,(H,17,18). The number of nitrogens with one attached hydrogen (secondary N) is 1. The third-order valence-electron chi connectivity index (χ3n) is 2.92. The highest BCUT2D eigenvalue weighted by molar-refractivity contribution is 6.02. The van der Waals surface area contributed by atoms with Gasteiger partial charge >= 0.3 is 0 Å². The molecule has 3 N–H and O–H groups in total. The van der Waals surface area contributed by atoms with Crippen LogP contribution >= 0.6 is 0 Å². The first-order chi connectivity index (χ1) is 9.10. The van der Waals surface area contributed by atoms with Crippen LogP contribution < -0.4 is 11.1 Å². The Kier molecular flexibility index (Phi) is 4.02. The first-order valence-corrected chi connectivity index (χ1v) is 6.30. The van der Waals surface area contributed by atoms with Gasteiger partial charge in [0, 0.05) is 5.69 Å². The highest BCUT2D eigenvalue weighted by atomic mass is 16.4. The minimum absolute atomic E-state index is 0.267. The Bertz CT molecular complexity index is 556. The fraction of sp³-hybridized carbons (Fsp3) is 0.267. The van der Waals surface area contributed by atoms with Crippen molar-refractivity contribution in [1.29, 1.82) is 0 Å². The predicted octanol–water partition coefficient (Wildman–Crippen LogP) is 3.11. The third-order valence-corrected chi connectivity index (χ3v) is 2.92. The zero-order chi connectivity index (χ0) is 13.8. The molecule has 0 aliphatic carbocycles. The Balaban J connectivity index is 2.06. The van der Waals surface area contributed by atoms with Crippen molar-refractivity contribution in [3.63, 3.8) is 0 Å². The van der Waals surface area contributed by atoms with E-state index in [2.05, 4.69) is 19.2 Å². The average molecular weight is 258 g/mol. The molecule has 0 bridgehead atoms. The van der Waals surface area contributed by atoms with E-state index in [9.17, 15) is 4.79 Å². The van der Waals surface area contributed by atoms with Gasteiger partial charge in [-0.05, 0) is 35.7 Å². The topological polar surface area (TPSA) is 68.3 Å². The highest BCUT2D eigenvalue weighted by Gasteiger charge is 2.11. The Hall–Kier alpha value is -2.07. The smallest absolute Gasteiger partial charge is 0.291 e. The molecule has 0 fully saturated rings. The summed E-state index contributed by atoms with van der Waals surface area (Å²) < 4.78 is 5.29. The molecule has 4 heteroatoms. The van der Waals surface area contributed by atoms with Crippen LogP contribution in [0.1, 0.15) is 41.6 Å². The van der Waals surface area contributed by atoms with E-state index >= 15 is 0 Å². The highest BCUT2D eigenvalue weighted by Crippen LogP contribution is 2.18. The Morgan fingerprint density at radius 1 is 1.21 bits per heavy atom. The Morgan fingerprint density at radius 3 is 2.42 bits per heavy atom. The van der Waals surface area contributed by atoms with E-state index in [1.165, 1.54) is 5.56 Å². The molecule has 100 valence electrons. The molecule has 0 saturated carbocycles. The summed E-state index contributed by atoms with van der Waals surface area (Å²) in [7, 11) is 0. The lowest BCUT2D eigenvalue weighted by molar-refractivity contribution is 0.0995. The molecule has 0 aliphatic heterocycles. The van der Waals surface area contributed by atoms with Crippen LogP contribution in [0, 0.1) is 0 Å². The van der Waals surface area contributed by atoms with E-state index in [0.29, 0.717) is 11.7 Å². The number of amides is 1. The van der Waals surface area contributed by atoms with Crippen LogP contribution in [0.3, 0.4) is 0 Å². The molecule has 2 rings (SSSR count). The molecule has 0 atom stereocenters. The number of furan rings is 1. The van der Waals surface area contributed by atoms with E-state index in [4.69, 9.17) is 10.2 Å². The zero-order valence-electron chi connectivity index (χ0n) is 11.1. The van der Waals surface area contributed by atoms with E-state index in [1.807, 2.05) is 24.3 Å². The molecule has 0 saturated heterocycles. The molecule has 2 aromatic rings. The minimum atomic E-state index is -0.267. The number of hydrogen-bond acceptors (Lipinski definition) is 3. The quantitative estimate of drug-likeness (QED) is 0.885. The summed E-state index contributed by atoms with van der Waals surface area (Å²) in [5, 5.41) is 2.79. The second-order valence-electron chi connectivity index (χ2n) is 4.70. The van der Waals surface area contributed by atoms with Gasteiger partial charge in [-0.25, -0.2) is 0 Å². The summed E-state index contributed by atoms with van der Waals surface area (Å²) in [6.45, 7) is 4.55. The monoisotopic (exact) mass is 258 g/mol. The normalized spacial score (nSPS) is 10.7. The fourth-order valence-corrected chi connectivity index (χ4v) is 1.75. The summed E-state index contributed by atoms with van der Waals surface area (Å²) in [4.78, 5) is 11.9. The Morgan fingerprint density at radius 2 is 1.89 bits per heavy atom. The van der Waals surface area contributed by atoms with Crippen LogP contribution in [0.25, 0.3) is 0 Å². The van der Waals surface area contributed by atoms with Crippen LogP contribution in [0.4, 0.5) is 5.69 Å². The van der Waals surface area contributed by atoms with E-state index in [1.54, 1.807) is 12.1 Å². The summed E-state index contributed by atoms with van der Waals surface area (Å²) in [5.74, 6) is 1.08. The van der Waals surface area contributed by atoms with E-state index in [0.717, 1.165) is 5.69 Å². The molecule has 1 aromatic heterocycles. The van der Waals surface area contributed by atoms with Crippen molar-refractivity contribution >= 4 is 11.6 Å². The number of anilines is 1. The molecule has 1 heterocycles. The van der Waals surface area contributed by atoms with Gasteiger partial charge < -0.3 is 15.5 Å². The summed E-state index contributed by atoms with van der Waals surface area (Å²) >= 11 is 0. The number of carbonyl (C=O) groups excluding carboxylic acids is 1. The third kappa shape index (κ3) is 3.23. The minimum Gasteiger partial charge on any atom is -0.455 e. The molecular formula is C15H18N2O2. The van der Waals surface area contributed by atoms with Crippen LogP contribution in [0.5, 0.6) is 0 Å². The van der Waals surface area contributed by atoms with Gasteiger partial charge in [0.25, 0.3) is 5.91 Å². The summed E-state index contributed by atoms with van der Waals surface area (Å²) in [6, 6.07) is 11.1. The fourth-order valence-electron chi connectivity index (χ4n) is 1.75. The van der Waals surface area contributed by atoms with Crippen molar-refractivity contribution in [2.45, 2.75) is 26.3 Å². The number of carbonyl (C=O) groups is 1. The van der Waals surface area contributed by atoms with Crippen LogP contribution in [0.15, 0.2) is 40.8 Å². The average Bonchev–Trinajstić information content (AvgIpc) is 2.88.